The number of hydrogen-bond acceptors (Lipinski definition) is 5. The minimum Gasteiger partial charge on any atom is -0.508 e. The third-order valence-electron chi connectivity index (χ3n) is 5.28. The molecule has 0 aliphatic carbocycles. The maximum atomic E-state index is 9.62. The van der Waals surface area contributed by atoms with Gasteiger partial charge in [-0.25, -0.2) is 0 Å². The summed E-state index contributed by atoms with van der Waals surface area (Å²) in [5.74, 6) is -0.353. The predicted molar refractivity (Wildman–Crippen MR) is 108 cm³/mol. The van der Waals surface area contributed by atoms with Crippen LogP contribution in [0.5, 0.6) is 28.7 Å². The second-order valence-corrected chi connectivity index (χ2v) is 8.04. The smallest absolute Gasteiger partial charge is 0.157 e. The summed E-state index contributed by atoms with van der Waals surface area (Å²) in [7, 11) is 0. The first kappa shape index (κ1) is 22.5. The zero-order valence-corrected chi connectivity index (χ0v) is 17.0. The van der Waals surface area contributed by atoms with Crippen molar-refractivity contribution in [1.29, 1.82) is 0 Å². The van der Waals surface area contributed by atoms with Crippen molar-refractivity contribution < 1.29 is 25.5 Å². The number of phenols is 5. The van der Waals surface area contributed by atoms with Gasteiger partial charge in [-0.3, -0.25) is 0 Å². The fraction of sp³-hybridized carbons (Fsp3) is 0.455. The van der Waals surface area contributed by atoms with Crippen molar-refractivity contribution in [2.75, 3.05) is 0 Å². The highest BCUT2D eigenvalue weighted by Crippen LogP contribution is 2.42. The van der Waals surface area contributed by atoms with E-state index < -0.39 is 0 Å². The van der Waals surface area contributed by atoms with Crippen LogP contribution in [0.4, 0.5) is 0 Å². The molecule has 0 bridgehead atoms. The molecule has 0 aliphatic rings. The molecule has 0 spiro atoms. The molecule has 27 heavy (non-hydrogen) atoms. The molecule has 2 rings (SSSR count). The number of benzene rings is 2. The highest BCUT2D eigenvalue weighted by atomic mass is 16.3. The van der Waals surface area contributed by atoms with E-state index in [9.17, 15) is 15.3 Å². The monoisotopic (exact) mass is 376 g/mol. The average molecular weight is 376 g/mol. The van der Waals surface area contributed by atoms with E-state index in [2.05, 4.69) is 20.8 Å². The standard InChI is InChI=1S/C11H16O3.C11H16O2/c1-4-11(2,3)10-8(13)5-7(12)6-9(10)14;1-4-11(2,3)8-5-6-9(12)10(13)7-8/h5-6,12-14H,4H2,1-3H3;5-7,12-13H,4H2,1-3H3. The van der Waals surface area contributed by atoms with Gasteiger partial charge in [0.05, 0.1) is 0 Å². The summed E-state index contributed by atoms with van der Waals surface area (Å²) >= 11 is 0. The van der Waals surface area contributed by atoms with Gasteiger partial charge in [0, 0.05) is 17.7 Å². The summed E-state index contributed by atoms with van der Waals surface area (Å²) in [6, 6.07) is 7.48. The molecule has 0 amide bonds. The van der Waals surface area contributed by atoms with Gasteiger partial charge in [-0.1, -0.05) is 47.6 Å². The Morgan fingerprint density at radius 3 is 1.52 bits per heavy atom. The molecule has 2 aromatic rings. The SMILES string of the molecule is CCC(C)(C)c1c(O)cc(O)cc1O.CCC(C)(C)c1ccc(O)c(O)c1. The van der Waals surface area contributed by atoms with Crippen molar-refractivity contribution in [1.82, 2.24) is 0 Å². The van der Waals surface area contributed by atoms with E-state index in [0.29, 0.717) is 5.56 Å². The van der Waals surface area contributed by atoms with Crippen LogP contribution < -0.4 is 0 Å². The molecule has 5 nitrogen and oxygen atoms in total. The lowest BCUT2D eigenvalue weighted by molar-refractivity contribution is 0.384. The summed E-state index contributed by atoms with van der Waals surface area (Å²) in [4.78, 5) is 0. The predicted octanol–water partition coefficient (Wildman–Crippen LogP) is 5.28. The molecular weight excluding hydrogens is 344 g/mol. The molecule has 0 saturated heterocycles. The molecule has 2 aromatic carbocycles. The van der Waals surface area contributed by atoms with Gasteiger partial charge in [-0.15, -0.1) is 0 Å². The molecule has 0 saturated carbocycles. The second kappa shape index (κ2) is 8.42. The fourth-order valence-electron chi connectivity index (χ4n) is 2.62. The molecule has 0 heterocycles. The van der Waals surface area contributed by atoms with Crippen LogP contribution in [0.15, 0.2) is 30.3 Å². The van der Waals surface area contributed by atoms with Gasteiger partial charge in [0.1, 0.15) is 17.2 Å². The normalized spacial score (nSPS) is 11.6. The van der Waals surface area contributed by atoms with Crippen LogP contribution in [0.1, 0.15) is 65.5 Å². The van der Waals surface area contributed by atoms with Gasteiger partial charge in [-0.05, 0) is 41.4 Å². The molecule has 0 aromatic heterocycles. The first-order chi connectivity index (χ1) is 12.4. The summed E-state index contributed by atoms with van der Waals surface area (Å²) < 4.78 is 0. The molecule has 150 valence electrons. The molecule has 5 N–H and O–H groups in total. The van der Waals surface area contributed by atoms with Crippen LogP contribution in [-0.2, 0) is 10.8 Å². The maximum Gasteiger partial charge on any atom is 0.157 e. The number of rotatable bonds is 4. The maximum absolute atomic E-state index is 9.62. The van der Waals surface area contributed by atoms with Crippen molar-refractivity contribution in [3.8, 4) is 28.7 Å². The van der Waals surface area contributed by atoms with Crippen LogP contribution in [0, 0.1) is 0 Å². The van der Waals surface area contributed by atoms with Crippen molar-refractivity contribution >= 4 is 0 Å². The highest BCUT2D eigenvalue weighted by molar-refractivity contribution is 5.52. The second-order valence-electron chi connectivity index (χ2n) is 8.04. The van der Waals surface area contributed by atoms with Gasteiger partial charge in [0.2, 0.25) is 0 Å². The minimum atomic E-state index is -0.304. The Morgan fingerprint density at radius 2 is 1.11 bits per heavy atom. The first-order valence-corrected chi connectivity index (χ1v) is 9.13. The lowest BCUT2D eigenvalue weighted by Gasteiger charge is -2.25. The zero-order valence-electron chi connectivity index (χ0n) is 17.0. The first-order valence-electron chi connectivity index (χ1n) is 9.13. The third-order valence-corrected chi connectivity index (χ3v) is 5.28. The molecule has 0 unspecified atom stereocenters. The molecular formula is C22H32O5. The van der Waals surface area contributed by atoms with Crippen LogP contribution in [0.25, 0.3) is 0 Å². The number of aromatic hydroxyl groups is 5. The van der Waals surface area contributed by atoms with E-state index in [1.807, 2.05) is 26.8 Å². The summed E-state index contributed by atoms with van der Waals surface area (Å²) in [6.07, 6.45) is 1.79. The Hall–Kier alpha value is -2.56. The van der Waals surface area contributed by atoms with Crippen molar-refractivity contribution in [2.45, 2.75) is 65.2 Å². The Kier molecular flexibility index (Phi) is 7.01. The minimum absolute atomic E-state index is 0.0426. The Balaban J connectivity index is 0.000000271. The van der Waals surface area contributed by atoms with Crippen LogP contribution >= 0.6 is 0 Å². The van der Waals surface area contributed by atoms with Gasteiger partial charge >= 0.3 is 0 Å². The van der Waals surface area contributed by atoms with E-state index in [1.165, 1.54) is 18.2 Å². The summed E-state index contributed by atoms with van der Waals surface area (Å²) in [5, 5.41) is 46.8. The van der Waals surface area contributed by atoms with Crippen LogP contribution in [-0.4, -0.2) is 25.5 Å². The van der Waals surface area contributed by atoms with E-state index in [1.54, 1.807) is 6.07 Å². The summed E-state index contributed by atoms with van der Waals surface area (Å²) in [6.45, 7) is 12.2. The Labute approximate surface area is 161 Å². The molecule has 0 aliphatic heterocycles. The van der Waals surface area contributed by atoms with E-state index in [0.717, 1.165) is 18.4 Å². The third kappa shape index (κ3) is 5.46. The molecule has 0 radical (unpaired) electrons. The van der Waals surface area contributed by atoms with Gasteiger partial charge in [-0.2, -0.15) is 0 Å². The van der Waals surface area contributed by atoms with Crippen molar-refractivity contribution in [3.63, 3.8) is 0 Å². The zero-order chi connectivity index (χ0) is 21.0. The lowest BCUT2D eigenvalue weighted by Crippen LogP contribution is -2.15. The van der Waals surface area contributed by atoms with Crippen molar-refractivity contribution in [2.24, 2.45) is 0 Å². The Morgan fingerprint density at radius 1 is 0.630 bits per heavy atom. The van der Waals surface area contributed by atoms with Gasteiger partial charge in [0.15, 0.2) is 11.5 Å². The van der Waals surface area contributed by atoms with Gasteiger partial charge < -0.3 is 25.5 Å². The van der Waals surface area contributed by atoms with E-state index in [4.69, 9.17) is 10.2 Å². The van der Waals surface area contributed by atoms with E-state index >= 15 is 0 Å². The lowest BCUT2D eigenvalue weighted by atomic mass is 9.81. The average Bonchev–Trinajstić information content (AvgIpc) is 2.56. The molecule has 5 heteroatoms. The fourth-order valence-corrected chi connectivity index (χ4v) is 2.62. The van der Waals surface area contributed by atoms with E-state index in [-0.39, 0.29) is 39.6 Å². The summed E-state index contributed by atoms with van der Waals surface area (Å²) in [5.41, 5.74) is 1.27. The van der Waals surface area contributed by atoms with Crippen LogP contribution in [0.3, 0.4) is 0 Å². The molecule has 0 atom stereocenters. The largest absolute Gasteiger partial charge is 0.508 e. The molecule has 0 fully saturated rings. The Bertz CT molecular complexity index is 755. The van der Waals surface area contributed by atoms with Crippen LogP contribution in [0.2, 0.25) is 0 Å². The number of phenolic OH excluding ortho intramolecular Hbond substituents is 5. The number of hydrogen-bond donors (Lipinski definition) is 5. The van der Waals surface area contributed by atoms with Gasteiger partial charge in [0.25, 0.3) is 0 Å². The topological polar surface area (TPSA) is 101 Å². The quantitative estimate of drug-likeness (QED) is 0.468. The van der Waals surface area contributed by atoms with Crippen molar-refractivity contribution in [3.05, 3.63) is 41.5 Å². The highest BCUT2D eigenvalue weighted by Gasteiger charge is 2.26.